The number of hydrogen-bond donors (Lipinski definition) is 0. The number of sulfone groups is 1. The highest BCUT2D eigenvalue weighted by molar-refractivity contribution is 9.10. The van der Waals surface area contributed by atoms with E-state index in [1.54, 1.807) is 36.0 Å². The second-order valence-electron chi connectivity index (χ2n) is 6.07. The minimum absolute atomic E-state index is 0.0528. The molecule has 0 aromatic heterocycles. The number of benzene rings is 3. The zero-order valence-electron chi connectivity index (χ0n) is 14.3. The summed E-state index contributed by atoms with van der Waals surface area (Å²) in [6, 6.07) is 24.8. The number of thioether (sulfide) groups is 1. The summed E-state index contributed by atoms with van der Waals surface area (Å²) in [6.45, 7) is 2.04. The van der Waals surface area contributed by atoms with Crippen molar-refractivity contribution in [1.29, 1.82) is 0 Å². The highest BCUT2D eigenvalue weighted by Crippen LogP contribution is 2.37. The van der Waals surface area contributed by atoms with Crippen LogP contribution < -0.4 is 0 Å². The van der Waals surface area contributed by atoms with Gasteiger partial charge >= 0.3 is 0 Å². The van der Waals surface area contributed by atoms with Crippen molar-refractivity contribution in [2.24, 2.45) is 0 Å². The Morgan fingerprint density at radius 3 is 2.12 bits per heavy atom. The molecule has 0 aliphatic carbocycles. The summed E-state index contributed by atoms with van der Waals surface area (Å²) in [4.78, 5) is 1.42. The molecule has 0 amide bonds. The summed E-state index contributed by atoms with van der Waals surface area (Å²) in [5.41, 5.74) is 2.20. The lowest BCUT2D eigenvalue weighted by Crippen LogP contribution is -2.13. The fourth-order valence-electron chi connectivity index (χ4n) is 2.58. The molecule has 2 nitrogen and oxygen atoms in total. The molecule has 0 unspecified atom stereocenters. The van der Waals surface area contributed by atoms with Crippen LogP contribution in [0.2, 0.25) is 0 Å². The van der Waals surface area contributed by atoms with Crippen LogP contribution in [0.5, 0.6) is 0 Å². The van der Waals surface area contributed by atoms with E-state index < -0.39 is 9.84 Å². The Balaban J connectivity index is 1.90. The molecule has 0 aliphatic heterocycles. The predicted molar refractivity (Wildman–Crippen MR) is 112 cm³/mol. The molecule has 1 atom stereocenters. The van der Waals surface area contributed by atoms with Gasteiger partial charge in [-0.2, -0.15) is 0 Å². The van der Waals surface area contributed by atoms with Crippen LogP contribution >= 0.6 is 27.7 Å². The lowest BCUT2D eigenvalue weighted by molar-refractivity contribution is 0.595. The largest absolute Gasteiger partial charge is 0.224 e. The van der Waals surface area contributed by atoms with E-state index in [0.717, 1.165) is 14.9 Å². The molecule has 0 saturated carbocycles. The third-order valence-corrected chi connectivity index (χ3v) is 7.78. The lowest BCUT2D eigenvalue weighted by Gasteiger charge is -2.18. The second-order valence-corrected chi connectivity index (χ2v) is 10.3. The van der Waals surface area contributed by atoms with E-state index in [2.05, 4.69) is 15.9 Å². The van der Waals surface area contributed by atoms with E-state index in [-0.39, 0.29) is 11.0 Å². The molecule has 0 aliphatic rings. The Morgan fingerprint density at radius 2 is 1.50 bits per heavy atom. The topological polar surface area (TPSA) is 34.1 Å². The Hall–Kier alpha value is -1.56. The summed E-state index contributed by atoms with van der Waals surface area (Å²) in [7, 11) is -3.39. The molecule has 26 heavy (non-hydrogen) atoms. The highest BCUT2D eigenvalue weighted by Gasteiger charge is 2.23. The molecule has 0 bridgehead atoms. The van der Waals surface area contributed by atoms with Crippen LogP contribution in [-0.4, -0.2) is 14.2 Å². The first-order valence-electron chi connectivity index (χ1n) is 8.21. The third-order valence-electron chi connectivity index (χ3n) is 4.01. The fraction of sp³-hybridized carbons (Fsp3) is 0.143. The summed E-state index contributed by atoms with van der Waals surface area (Å²) < 4.78 is 26.8. The normalized spacial score (nSPS) is 12.7. The van der Waals surface area contributed by atoms with Crippen LogP contribution in [0.1, 0.15) is 16.4 Å². The SMILES string of the molecule is Cc1ccc(S[C@H](CS(=O)(=O)c2ccc(Br)cc2)c2ccccc2)cc1. The van der Waals surface area contributed by atoms with Crippen molar-refractivity contribution in [3.8, 4) is 0 Å². The number of hydrogen-bond acceptors (Lipinski definition) is 3. The Bertz CT molecular complexity index is 951. The first-order valence-corrected chi connectivity index (χ1v) is 11.5. The quantitative estimate of drug-likeness (QED) is 0.431. The van der Waals surface area contributed by atoms with E-state index in [9.17, 15) is 8.42 Å². The lowest BCUT2D eigenvalue weighted by atomic mass is 10.2. The molecule has 0 fully saturated rings. The summed E-state index contributed by atoms with van der Waals surface area (Å²) in [5.74, 6) is 0.0528. The summed E-state index contributed by atoms with van der Waals surface area (Å²) >= 11 is 4.94. The zero-order chi connectivity index (χ0) is 18.6. The van der Waals surface area contributed by atoms with E-state index in [4.69, 9.17) is 0 Å². The van der Waals surface area contributed by atoms with Crippen LogP contribution in [0.15, 0.2) is 93.1 Å². The van der Waals surface area contributed by atoms with Gasteiger partial charge in [-0.05, 0) is 48.9 Å². The number of rotatable bonds is 6. The third kappa shape index (κ3) is 5.00. The van der Waals surface area contributed by atoms with Crippen molar-refractivity contribution < 1.29 is 8.42 Å². The molecule has 0 radical (unpaired) electrons. The van der Waals surface area contributed by atoms with Gasteiger partial charge in [0.1, 0.15) is 0 Å². The monoisotopic (exact) mass is 446 g/mol. The molecule has 0 N–H and O–H groups in total. The van der Waals surface area contributed by atoms with E-state index in [0.29, 0.717) is 4.90 Å². The summed E-state index contributed by atoms with van der Waals surface area (Å²) in [5, 5.41) is -0.174. The first kappa shape index (κ1) is 19.2. The van der Waals surface area contributed by atoms with Crippen LogP contribution in [0.3, 0.4) is 0 Å². The highest BCUT2D eigenvalue weighted by atomic mass is 79.9. The van der Waals surface area contributed by atoms with Gasteiger partial charge in [0.25, 0.3) is 0 Å². The maximum Gasteiger partial charge on any atom is 0.179 e. The van der Waals surface area contributed by atoms with Crippen molar-refractivity contribution in [1.82, 2.24) is 0 Å². The minimum atomic E-state index is -3.39. The molecule has 3 rings (SSSR count). The second kappa shape index (κ2) is 8.42. The first-order chi connectivity index (χ1) is 12.4. The molecule has 3 aromatic carbocycles. The van der Waals surface area contributed by atoms with Gasteiger partial charge in [-0.3, -0.25) is 0 Å². The van der Waals surface area contributed by atoms with Gasteiger partial charge in [0.05, 0.1) is 10.6 Å². The maximum atomic E-state index is 12.9. The predicted octanol–water partition coefficient (Wildman–Crippen LogP) is 6.06. The van der Waals surface area contributed by atoms with E-state index in [1.165, 1.54) is 5.56 Å². The van der Waals surface area contributed by atoms with E-state index >= 15 is 0 Å². The fourth-order valence-corrected chi connectivity index (χ4v) is 5.91. The molecule has 0 spiro atoms. The zero-order valence-corrected chi connectivity index (χ0v) is 17.5. The van der Waals surface area contributed by atoms with Crippen LogP contribution in [0.25, 0.3) is 0 Å². The molecular formula is C21H19BrO2S2. The minimum Gasteiger partial charge on any atom is -0.224 e. The Labute approximate surface area is 167 Å². The van der Waals surface area contributed by atoms with Gasteiger partial charge in [0.15, 0.2) is 9.84 Å². The maximum absolute atomic E-state index is 12.9. The van der Waals surface area contributed by atoms with Crippen LogP contribution in [-0.2, 0) is 9.84 Å². The van der Waals surface area contributed by atoms with Gasteiger partial charge in [-0.25, -0.2) is 8.42 Å². The molecular weight excluding hydrogens is 428 g/mol. The smallest absolute Gasteiger partial charge is 0.179 e. The average molecular weight is 447 g/mol. The number of halogens is 1. The van der Waals surface area contributed by atoms with Crippen molar-refractivity contribution in [3.63, 3.8) is 0 Å². The molecule has 3 aromatic rings. The van der Waals surface area contributed by atoms with E-state index in [1.807, 2.05) is 61.5 Å². The van der Waals surface area contributed by atoms with Crippen LogP contribution in [0.4, 0.5) is 0 Å². The van der Waals surface area contributed by atoms with Crippen LogP contribution in [0, 0.1) is 6.92 Å². The van der Waals surface area contributed by atoms with Gasteiger partial charge < -0.3 is 0 Å². The van der Waals surface area contributed by atoms with Crippen molar-refractivity contribution in [2.75, 3.05) is 5.75 Å². The number of aryl methyl sites for hydroxylation is 1. The molecule has 0 heterocycles. The molecule has 5 heteroatoms. The molecule has 0 saturated heterocycles. The van der Waals surface area contributed by atoms with Crippen molar-refractivity contribution in [3.05, 3.63) is 94.5 Å². The average Bonchev–Trinajstić information content (AvgIpc) is 2.64. The van der Waals surface area contributed by atoms with Crippen molar-refractivity contribution in [2.45, 2.75) is 22.0 Å². The van der Waals surface area contributed by atoms with Gasteiger partial charge in [-0.1, -0.05) is 64.0 Å². The molecule has 134 valence electrons. The Kier molecular flexibility index (Phi) is 6.22. The van der Waals surface area contributed by atoms with Crippen molar-refractivity contribution >= 4 is 37.5 Å². The van der Waals surface area contributed by atoms with Gasteiger partial charge in [-0.15, -0.1) is 11.8 Å². The van der Waals surface area contributed by atoms with Gasteiger partial charge in [0.2, 0.25) is 0 Å². The Morgan fingerprint density at radius 1 is 0.885 bits per heavy atom. The standard InChI is InChI=1S/C21H19BrO2S2/c1-16-7-11-19(12-8-16)25-21(17-5-3-2-4-6-17)15-26(23,24)20-13-9-18(22)10-14-20/h2-14,21H,15H2,1H3/t21-/m1/s1. The summed E-state index contributed by atoms with van der Waals surface area (Å²) in [6.07, 6.45) is 0. The van der Waals surface area contributed by atoms with Gasteiger partial charge in [0, 0.05) is 14.6 Å².